The van der Waals surface area contributed by atoms with Crippen LogP contribution in [0.25, 0.3) is 0 Å². The van der Waals surface area contributed by atoms with Gasteiger partial charge in [0, 0.05) is 26.6 Å². The van der Waals surface area contributed by atoms with Crippen molar-refractivity contribution in [2.24, 2.45) is 0 Å². The molecule has 1 aliphatic heterocycles. The number of carbonyl (C=O) groups excluding carboxylic acids is 4. The van der Waals surface area contributed by atoms with Gasteiger partial charge in [-0.2, -0.15) is 0 Å². The minimum atomic E-state index is -0.865. The van der Waals surface area contributed by atoms with Gasteiger partial charge < -0.3 is 19.3 Å². The van der Waals surface area contributed by atoms with Crippen LogP contribution in [-0.4, -0.2) is 82.9 Å². The molecule has 1 saturated heterocycles. The van der Waals surface area contributed by atoms with Gasteiger partial charge in [0.15, 0.2) is 0 Å². The molecule has 0 radical (unpaired) electrons. The minimum Gasteiger partial charge on any atom is -0.459 e. The van der Waals surface area contributed by atoms with Gasteiger partial charge in [0.05, 0.1) is 0 Å². The van der Waals surface area contributed by atoms with Gasteiger partial charge in [-0.3, -0.25) is 19.3 Å². The topological polar surface area (TPSA) is 96.5 Å². The Balaban J connectivity index is 1.76. The number of likely N-dealkylation sites (tertiary alicyclic amines) is 1. The number of esters is 1. The lowest BCUT2D eigenvalue weighted by Gasteiger charge is -2.43. The van der Waals surface area contributed by atoms with Crippen LogP contribution in [0.2, 0.25) is 0 Å². The van der Waals surface area contributed by atoms with Crippen LogP contribution in [-0.2, 0) is 36.9 Å². The fraction of sp³-hybridized carbons (Fsp3) is 0.484. The van der Waals surface area contributed by atoms with E-state index in [1.54, 1.807) is 27.7 Å². The van der Waals surface area contributed by atoms with E-state index in [0.717, 1.165) is 16.7 Å². The number of benzene rings is 2. The van der Waals surface area contributed by atoms with E-state index in [1.165, 1.54) is 21.7 Å². The second kappa shape index (κ2) is 13.5. The van der Waals surface area contributed by atoms with Gasteiger partial charge in [-0.25, -0.2) is 4.79 Å². The maximum atomic E-state index is 13.8. The number of carbonyl (C=O) groups is 4. The highest BCUT2D eigenvalue weighted by Crippen LogP contribution is 2.24. The van der Waals surface area contributed by atoms with Crippen LogP contribution in [0, 0.1) is 6.92 Å². The van der Waals surface area contributed by atoms with Gasteiger partial charge in [0.1, 0.15) is 30.8 Å². The first-order valence-corrected chi connectivity index (χ1v) is 13.7. The van der Waals surface area contributed by atoms with Crippen LogP contribution in [0.4, 0.5) is 4.79 Å². The number of rotatable bonds is 10. The Morgan fingerprint density at radius 3 is 2.20 bits per heavy atom. The smallest absolute Gasteiger partial charge is 0.410 e. The predicted octanol–water partition coefficient (Wildman–Crippen LogP) is 3.97. The summed E-state index contributed by atoms with van der Waals surface area (Å²) >= 11 is 0. The molecule has 0 spiro atoms. The molecule has 3 amide bonds. The van der Waals surface area contributed by atoms with Crippen molar-refractivity contribution in [1.29, 1.82) is 0 Å². The van der Waals surface area contributed by atoms with Crippen molar-refractivity contribution in [3.63, 3.8) is 0 Å². The highest BCUT2D eigenvalue weighted by Gasteiger charge is 2.43. The summed E-state index contributed by atoms with van der Waals surface area (Å²) in [4.78, 5) is 57.0. The van der Waals surface area contributed by atoms with Crippen molar-refractivity contribution in [2.45, 2.75) is 71.8 Å². The summed E-state index contributed by atoms with van der Waals surface area (Å²) in [6.45, 7) is 9.59. The second-order valence-corrected chi connectivity index (χ2v) is 11.1. The van der Waals surface area contributed by atoms with E-state index in [0.29, 0.717) is 13.0 Å². The number of likely N-dealkylation sites (N-methyl/N-ethyl adjacent to an activating group) is 2. The van der Waals surface area contributed by atoms with E-state index in [-0.39, 0.29) is 37.9 Å². The third-order valence-corrected chi connectivity index (χ3v) is 6.74. The molecule has 0 aromatic heterocycles. The normalized spacial score (nSPS) is 15.4. The standard InChI is InChI=1S/C31H41N3O6/c1-7-33(29(37)25-17-18-34(25)30(38)39-21-24-11-9-8-10-12-24)26(19-23-15-13-22(2)14-16-23)28(36)32(6)20-27(35)40-31(3,4)5/h8-16,25-26H,7,17-21H2,1-6H3/t25-,26?/m0/s1. The lowest BCUT2D eigenvalue weighted by Crippen LogP contribution is -2.62. The Hall–Kier alpha value is -3.88. The number of nitrogens with zero attached hydrogens (tertiary/aromatic N) is 3. The van der Waals surface area contributed by atoms with Gasteiger partial charge in [0.25, 0.3) is 0 Å². The summed E-state index contributed by atoms with van der Waals surface area (Å²) in [5.74, 6) is -1.22. The molecule has 1 heterocycles. The summed E-state index contributed by atoms with van der Waals surface area (Å²) in [6, 6.07) is 15.5. The molecule has 2 aromatic carbocycles. The van der Waals surface area contributed by atoms with Crippen LogP contribution in [0.15, 0.2) is 54.6 Å². The zero-order chi connectivity index (χ0) is 29.4. The second-order valence-electron chi connectivity index (χ2n) is 11.1. The van der Waals surface area contributed by atoms with Crippen LogP contribution >= 0.6 is 0 Å². The average Bonchev–Trinajstić information content (AvgIpc) is 2.86. The quantitative estimate of drug-likeness (QED) is 0.415. The van der Waals surface area contributed by atoms with Crippen LogP contribution < -0.4 is 0 Å². The monoisotopic (exact) mass is 551 g/mol. The van der Waals surface area contributed by atoms with Gasteiger partial charge >= 0.3 is 12.1 Å². The van der Waals surface area contributed by atoms with Crippen LogP contribution in [0.3, 0.4) is 0 Å². The Morgan fingerprint density at radius 2 is 1.65 bits per heavy atom. The molecular formula is C31H41N3O6. The maximum Gasteiger partial charge on any atom is 0.410 e. The molecule has 1 aliphatic rings. The van der Waals surface area contributed by atoms with Crippen LogP contribution in [0.5, 0.6) is 0 Å². The Labute approximate surface area is 237 Å². The van der Waals surface area contributed by atoms with Crippen molar-refractivity contribution in [1.82, 2.24) is 14.7 Å². The fourth-order valence-electron chi connectivity index (χ4n) is 4.56. The molecule has 9 nitrogen and oxygen atoms in total. The minimum absolute atomic E-state index is 0.110. The first-order chi connectivity index (χ1) is 18.9. The van der Waals surface area contributed by atoms with Crippen molar-refractivity contribution < 1.29 is 28.7 Å². The van der Waals surface area contributed by atoms with Crippen LogP contribution in [0.1, 0.15) is 50.8 Å². The van der Waals surface area contributed by atoms with Gasteiger partial charge in [-0.05, 0) is 52.2 Å². The molecule has 40 heavy (non-hydrogen) atoms. The van der Waals surface area contributed by atoms with E-state index in [9.17, 15) is 19.2 Å². The molecule has 216 valence electrons. The van der Waals surface area contributed by atoms with E-state index in [1.807, 2.05) is 61.5 Å². The molecular weight excluding hydrogens is 510 g/mol. The van der Waals surface area contributed by atoms with Crippen molar-refractivity contribution in [2.75, 3.05) is 26.7 Å². The zero-order valence-electron chi connectivity index (χ0n) is 24.4. The summed E-state index contributed by atoms with van der Waals surface area (Å²) in [5, 5.41) is 0. The van der Waals surface area contributed by atoms with E-state index in [4.69, 9.17) is 9.47 Å². The first kappa shape index (κ1) is 30.7. The molecule has 2 atom stereocenters. The molecule has 3 rings (SSSR count). The third kappa shape index (κ3) is 8.31. The Kier molecular flexibility index (Phi) is 10.3. The fourth-order valence-corrected chi connectivity index (χ4v) is 4.56. The first-order valence-electron chi connectivity index (χ1n) is 13.7. The number of aryl methyl sites for hydroxylation is 1. The van der Waals surface area contributed by atoms with Crippen molar-refractivity contribution in [3.8, 4) is 0 Å². The maximum absolute atomic E-state index is 13.8. The molecule has 0 bridgehead atoms. The number of ether oxygens (including phenoxy) is 2. The number of amides is 3. The van der Waals surface area contributed by atoms with Crippen molar-refractivity contribution in [3.05, 3.63) is 71.3 Å². The summed E-state index contributed by atoms with van der Waals surface area (Å²) in [5.41, 5.74) is 2.13. The molecule has 0 N–H and O–H groups in total. The largest absolute Gasteiger partial charge is 0.459 e. The Bertz CT molecular complexity index is 1180. The summed E-state index contributed by atoms with van der Waals surface area (Å²) in [6.07, 6.45) is 0.185. The molecule has 2 aromatic rings. The highest BCUT2D eigenvalue weighted by molar-refractivity contribution is 5.93. The van der Waals surface area contributed by atoms with Gasteiger partial charge in [-0.15, -0.1) is 0 Å². The summed E-state index contributed by atoms with van der Waals surface area (Å²) < 4.78 is 10.8. The molecule has 0 aliphatic carbocycles. The molecule has 1 fully saturated rings. The number of hydrogen-bond donors (Lipinski definition) is 0. The van der Waals surface area contributed by atoms with E-state index < -0.39 is 29.7 Å². The molecule has 1 unspecified atom stereocenters. The molecule has 0 saturated carbocycles. The van der Waals surface area contributed by atoms with Gasteiger partial charge in [-0.1, -0.05) is 60.2 Å². The number of hydrogen-bond acceptors (Lipinski definition) is 6. The summed E-state index contributed by atoms with van der Waals surface area (Å²) in [7, 11) is 1.53. The lowest BCUT2D eigenvalue weighted by atomic mass is 9.98. The highest BCUT2D eigenvalue weighted by atomic mass is 16.6. The van der Waals surface area contributed by atoms with Gasteiger partial charge in [0.2, 0.25) is 11.8 Å². The van der Waals surface area contributed by atoms with Crippen molar-refractivity contribution >= 4 is 23.9 Å². The lowest BCUT2D eigenvalue weighted by molar-refractivity contribution is -0.160. The molecule has 9 heteroatoms. The third-order valence-electron chi connectivity index (χ3n) is 6.74. The zero-order valence-corrected chi connectivity index (χ0v) is 24.4. The Morgan fingerprint density at radius 1 is 1.00 bits per heavy atom. The SMILES string of the molecule is CCN(C(=O)[C@@H]1CCN1C(=O)OCc1ccccc1)C(Cc1ccc(C)cc1)C(=O)N(C)CC(=O)OC(C)(C)C. The average molecular weight is 552 g/mol. The predicted molar refractivity (Wildman–Crippen MR) is 151 cm³/mol. The van der Waals surface area contributed by atoms with E-state index in [2.05, 4.69) is 0 Å². The van der Waals surface area contributed by atoms with E-state index >= 15 is 0 Å².